The lowest BCUT2D eigenvalue weighted by Gasteiger charge is -2.14. The molecular formula is C17H19N5O2S. The van der Waals surface area contributed by atoms with Crippen molar-refractivity contribution in [1.82, 2.24) is 19.7 Å². The Hall–Kier alpha value is -2.58. The van der Waals surface area contributed by atoms with E-state index in [9.17, 15) is 8.42 Å². The SMILES string of the molecule is CC(C)NS(=O)(=O)c1ccccc1CNc1ncnc2ncccc12. The van der Waals surface area contributed by atoms with Crippen molar-refractivity contribution in [2.75, 3.05) is 5.32 Å². The van der Waals surface area contributed by atoms with Gasteiger partial charge >= 0.3 is 0 Å². The topological polar surface area (TPSA) is 96.9 Å². The van der Waals surface area contributed by atoms with Crippen molar-refractivity contribution in [3.8, 4) is 0 Å². The van der Waals surface area contributed by atoms with Crippen molar-refractivity contribution < 1.29 is 8.42 Å². The van der Waals surface area contributed by atoms with Gasteiger partial charge in [-0.3, -0.25) is 0 Å². The van der Waals surface area contributed by atoms with E-state index < -0.39 is 10.0 Å². The second-order valence-corrected chi connectivity index (χ2v) is 7.52. The maximum atomic E-state index is 12.5. The normalized spacial score (nSPS) is 11.8. The second kappa shape index (κ2) is 7.12. The summed E-state index contributed by atoms with van der Waals surface area (Å²) in [5.41, 5.74) is 1.24. The molecule has 0 spiro atoms. The Labute approximate surface area is 146 Å². The third-order valence-corrected chi connectivity index (χ3v) is 5.27. The van der Waals surface area contributed by atoms with Crippen molar-refractivity contribution in [2.45, 2.75) is 31.3 Å². The Morgan fingerprint density at radius 2 is 1.84 bits per heavy atom. The van der Waals surface area contributed by atoms with E-state index in [1.54, 1.807) is 38.2 Å². The summed E-state index contributed by atoms with van der Waals surface area (Å²) in [6, 6.07) is 10.4. The summed E-state index contributed by atoms with van der Waals surface area (Å²) in [6.45, 7) is 3.90. The molecule has 0 radical (unpaired) electrons. The highest BCUT2D eigenvalue weighted by Crippen LogP contribution is 2.20. The van der Waals surface area contributed by atoms with Crippen LogP contribution in [0.25, 0.3) is 11.0 Å². The van der Waals surface area contributed by atoms with Gasteiger partial charge in [-0.1, -0.05) is 18.2 Å². The van der Waals surface area contributed by atoms with Gasteiger partial charge in [-0.15, -0.1) is 0 Å². The number of nitrogens with one attached hydrogen (secondary N) is 2. The number of pyridine rings is 1. The smallest absolute Gasteiger partial charge is 0.241 e. The van der Waals surface area contributed by atoms with Crippen LogP contribution in [0, 0.1) is 0 Å². The first kappa shape index (κ1) is 17.2. The lowest BCUT2D eigenvalue weighted by molar-refractivity contribution is 0.569. The predicted molar refractivity (Wildman–Crippen MR) is 96.6 cm³/mol. The zero-order valence-corrected chi connectivity index (χ0v) is 14.8. The second-order valence-electron chi connectivity index (χ2n) is 5.83. The molecule has 2 aromatic heterocycles. The minimum Gasteiger partial charge on any atom is -0.365 e. The lowest BCUT2D eigenvalue weighted by Crippen LogP contribution is -2.31. The summed E-state index contributed by atoms with van der Waals surface area (Å²) in [4.78, 5) is 12.8. The number of hydrogen-bond donors (Lipinski definition) is 2. The van der Waals surface area contributed by atoms with Crippen molar-refractivity contribution in [3.63, 3.8) is 0 Å². The maximum Gasteiger partial charge on any atom is 0.241 e. The molecule has 25 heavy (non-hydrogen) atoms. The van der Waals surface area contributed by atoms with Crippen LogP contribution in [-0.2, 0) is 16.6 Å². The average molecular weight is 357 g/mol. The Bertz CT molecular complexity index is 984. The number of benzene rings is 1. The summed E-state index contributed by atoms with van der Waals surface area (Å²) in [6.07, 6.45) is 3.10. The van der Waals surface area contributed by atoms with E-state index in [1.807, 2.05) is 18.2 Å². The monoisotopic (exact) mass is 357 g/mol. The van der Waals surface area contributed by atoms with Gasteiger partial charge in [-0.05, 0) is 37.6 Å². The fraction of sp³-hybridized carbons (Fsp3) is 0.235. The standard InChI is InChI=1S/C17H19N5O2S/c1-12(2)22-25(23,24)15-8-4-3-6-13(15)10-19-17-14-7-5-9-18-16(14)20-11-21-17/h3-9,11-12,22H,10H2,1-2H3,(H,18,19,20,21). The van der Waals surface area contributed by atoms with Gasteiger partial charge in [0.1, 0.15) is 12.1 Å². The summed E-state index contributed by atoms with van der Waals surface area (Å²) in [5, 5.41) is 3.97. The van der Waals surface area contributed by atoms with Crippen molar-refractivity contribution in [3.05, 3.63) is 54.5 Å². The van der Waals surface area contributed by atoms with Crippen LogP contribution in [0.15, 0.2) is 53.8 Å². The highest BCUT2D eigenvalue weighted by Gasteiger charge is 2.19. The molecule has 0 atom stereocenters. The first-order chi connectivity index (χ1) is 12.0. The van der Waals surface area contributed by atoms with Crippen LogP contribution in [0.1, 0.15) is 19.4 Å². The van der Waals surface area contributed by atoms with Gasteiger partial charge in [-0.25, -0.2) is 28.1 Å². The summed E-state index contributed by atoms with van der Waals surface area (Å²) in [5.74, 6) is 0.613. The Kier molecular flexibility index (Phi) is 4.91. The Morgan fingerprint density at radius 1 is 1.04 bits per heavy atom. The quantitative estimate of drug-likeness (QED) is 0.703. The van der Waals surface area contributed by atoms with Crippen molar-refractivity contribution in [2.24, 2.45) is 0 Å². The number of fused-ring (bicyclic) bond motifs is 1. The molecule has 0 amide bonds. The first-order valence-corrected chi connectivity index (χ1v) is 9.35. The molecule has 0 unspecified atom stereocenters. The Morgan fingerprint density at radius 3 is 2.64 bits per heavy atom. The zero-order chi connectivity index (χ0) is 17.9. The summed E-state index contributed by atoms with van der Waals surface area (Å²) in [7, 11) is -3.57. The largest absolute Gasteiger partial charge is 0.365 e. The molecule has 0 aliphatic heterocycles. The molecule has 3 aromatic rings. The average Bonchev–Trinajstić information content (AvgIpc) is 2.59. The maximum absolute atomic E-state index is 12.5. The molecule has 7 nitrogen and oxygen atoms in total. The molecule has 0 saturated carbocycles. The molecular weight excluding hydrogens is 338 g/mol. The molecule has 2 heterocycles. The van der Waals surface area contributed by atoms with E-state index in [0.29, 0.717) is 23.6 Å². The fourth-order valence-electron chi connectivity index (χ4n) is 2.50. The number of aromatic nitrogens is 3. The van der Waals surface area contributed by atoms with Crippen molar-refractivity contribution >= 4 is 26.9 Å². The van der Waals surface area contributed by atoms with E-state index in [4.69, 9.17) is 0 Å². The van der Waals surface area contributed by atoms with Gasteiger partial charge in [0.15, 0.2) is 5.65 Å². The molecule has 0 saturated heterocycles. The molecule has 8 heteroatoms. The van der Waals surface area contributed by atoms with Gasteiger partial charge in [0.2, 0.25) is 10.0 Å². The molecule has 0 fully saturated rings. The number of sulfonamides is 1. The number of hydrogen-bond acceptors (Lipinski definition) is 6. The fourth-order valence-corrected chi connectivity index (χ4v) is 3.99. The predicted octanol–water partition coefficient (Wildman–Crippen LogP) is 2.32. The van der Waals surface area contributed by atoms with E-state index in [1.165, 1.54) is 6.33 Å². The first-order valence-electron chi connectivity index (χ1n) is 7.87. The third-order valence-electron chi connectivity index (χ3n) is 3.51. The van der Waals surface area contributed by atoms with Crippen LogP contribution < -0.4 is 10.0 Å². The highest BCUT2D eigenvalue weighted by atomic mass is 32.2. The van der Waals surface area contributed by atoms with Crippen molar-refractivity contribution in [1.29, 1.82) is 0 Å². The molecule has 1 aromatic carbocycles. The number of rotatable bonds is 6. The van der Waals surface area contributed by atoms with E-state index >= 15 is 0 Å². The van der Waals surface area contributed by atoms with E-state index in [0.717, 1.165) is 5.39 Å². The van der Waals surface area contributed by atoms with E-state index in [-0.39, 0.29) is 10.9 Å². The van der Waals surface area contributed by atoms with Crippen LogP contribution in [0.2, 0.25) is 0 Å². The third kappa shape index (κ3) is 3.92. The minimum absolute atomic E-state index is 0.178. The summed E-state index contributed by atoms with van der Waals surface area (Å²) < 4.78 is 27.6. The molecule has 0 aliphatic carbocycles. The molecule has 2 N–H and O–H groups in total. The van der Waals surface area contributed by atoms with Crippen LogP contribution in [0.4, 0.5) is 5.82 Å². The molecule has 130 valence electrons. The number of nitrogens with zero attached hydrogens (tertiary/aromatic N) is 3. The lowest BCUT2D eigenvalue weighted by atomic mass is 10.2. The molecule has 0 aliphatic rings. The van der Waals surface area contributed by atoms with Crippen LogP contribution in [-0.4, -0.2) is 29.4 Å². The molecule has 0 bridgehead atoms. The van der Waals surface area contributed by atoms with Gasteiger partial charge in [0, 0.05) is 18.8 Å². The van der Waals surface area contributed by atoms with Gasteiger partial charge in [-0.2, -0.15) is 0 Å². The van der Waals surface area contributed by atoms with Crippen LogP contribution in [0.3, 0.4) is 0 Å². The highest BCUT2D eigenvalue weighted by molar-refractivity contribution is 7.89. The van der Waals surface area contributed by atoms with Crippen LogP contribution in [0.5, 0.6) is 0 Å². The van der Waals surface area contributed by atoms with Crippen LogP contribution >= 0.6 is 0 Å². The van der Waals surface area contributed by atoms with Gasteiger partial charge < -0.3 is 5.32 Å². The minimum atomic E-state index is -3.57. The number of anilines is 1. The summed E-state index contributed by atoms with van der Waals surface area (Å²) >= 11 is 0. The van der Waals surface area contributed by atoms with E-state index in [2.05, 4.69) is 25.0 Å². The van der Waals surface area contributed by atoms with Gasteiger partial charge in [0.25, 0.3) is 0 Å². The molecule has 3 rings (SSSR count). The van der Waals surface area contributed by atoms with Gasteiger partial charge in [0.05, 0.1) is 10.3 Å². The zero-order valence-electron chi connectivity index (χ0n) is 14.0. The Balaban J connectivity index is 1.89.